The fourth-order valence-electron chi connectivity index (χ4n) is 4.46. The van der Waals surface area contributed by atoms with E-state index >= 15 is 0 Å². The van der Waals surface area contributed by atoms with Crippen LogP contribution in [0.1, 0.15) is 11.1 Å². The van der Waals surface area contributed by atoms with Crippen molar-refractivity contribution in [1.82, 2.24) is 4.90 Å². The number of carbonyl (C=O) groups excluding carboxylic acids is 2. The minimum absolute atomic E-state index is 0.0427. The fraction of sp³-hybridized carbons (Fsp3) is 0.200. The van der Waals surface area contributed by atoms with Gasteiger partial charge in [-0.15, -0.1) is 11.8 Å². The maximum absolute atomic E-state index is 14.0. The number of amides is 2. The van der Waals surface area contributed by atoms with Gasteiger partial charge in [0.1, 0.15) is 0 Å². The number of para-hydroxylation sites is 2. The molecule has 2 amide bonds. The summed E-state index contributed by atoms with van der Waals surface area (Å²) in [5, 5.41) is 0. The smallest absolute Gasteiger partial charge is 0.269 e. The van der Waals surface area contributed by atoms with Crippen molar-refractivity contribution in [3.8, 4) is 0 Å². The van der Waals surface area contributed by atoms with Gasteiger partial charge in [0.2, 0.25) is 10.8 Å². The lowest BCUT2D eigenvalue weighted by Gasteiger charge is -2.33. The Morgan fingerprint density at radius 2 is 1.55 bits per heavy atom. The summed E-state index contributed by atoms with van der Waals surface area (Å²) in [5.74, 6) is 0.176. The molecule has 0 aromatic heterocycles. The van der Waals surface area contributed by atoms with E-state index < -0.39 is 4.87 Å². The van der Waals surface area contributed by atoms with E-state index in [0.29, 0.717) is 6.67 Å². The summed E-state index contributed by atoms with van der Waals surface area (Å²) in [7, 11) is 2.01. The number of thioether (sulfide) groups is 1. The SMILES string of the molecule is CN(Cc1ccccc1)CN1C(=O)[C@]2(SCC(=O)N2c2ccccc2)c2ccccc21. The first-order valence-electron chi connectivity index (χ1n) is 10.3. The zero-order valence-corrected chi connectivity index (χ0v) is 18.1. The van der Waals surface area contributed by atoms with Crippen LogP contribution in [0.25, 0.3) is 0 Å². The molecule has 2 aliphatic heterocycles. The lowest BCUT2D eigenvalue weighted by atomic mass is 10.0. The van der Waals surface area contributed by atoms with Gasteiger partial charge in [-0.2, -0.15) is 0 Å². The third-order valence-electron chi connectivity index (χ3n) is 5.76. The molecule has 1 saturated heterocycles. The van der Waals surface area contributed by atoms with Gasteiger partial charge >= 0.3 is 0 Å². The molecule has 3 aromatic rings. The zero-order valence-electron chi connectivity index (χ0n) is 17.3. The summed E-state index contributed by atoms with van der Waals surface area (Å²) in [6.07, 6.45) is 0. The summed E-state index contributed by atoms with van der Waals surface area (Å²) < 4.78 is 0. The molecule has 156 valence electrons. The number of anilines is 2. The van der Waals surface area contributed by atoms with E-state index in [0.717, 1.165) is 23.5 Å². The van der Waals surface area contributed by atoms with Gasteiger partial charge in [0, 0.05) is 17.8 Å². The fourth-order valence-corrected chi connectivity index (χ4v) is 5.82. The van der Waals surface area contributed by atoms with Gasteiger partial charge < -0.3 is 0 Å². The lowest BCUT2D eigenvalue weighted by molar-refractivity contribution is -0.123. The third kappa shape index (κ3) is 3.23. The first-order valence-corrected chi connectivity index (χ1v) is 11.3. The predicted molar refractivity (Wildman–Crippen MR) is 125 cm³/mol. The van der Waals surface area contributed by atoms with Crippen LogP contribution in [0.4, 0.5) is 11.4 Å². The van der Waals surface area contributed by atoms with Crippen LogP contribution in [-0.2, 0) is 21.0 Å². The Bertz CT molecular complexity index is 1120. The Morgan fingerprint density at radius 3 is 2.29 bits per heavy atom. The second-order valence-corrected chi connectivity index (χ2v) is 9.06. The van der Waals surface area contributed by atoms with Crippen molar-refractivity contribution in [2.45, 2.75) is 11.4 Å². The van der Waals surface area contributed by atoms with E-state index in [1.54, 1.807) is 4.90 Å². The highest BCUT2D eigenvalue weighted by molar-refractivity contribution is 8.02. The third-order valence-corrected chi connectivity index (χ3v) is 7.14. The van der Waals surface area contributed by atoms with Crippen LogP contribution in [-0.4, -0.2) is 36.2 Å². The van der Waals surface area contributed by atoms with Crippen LogP contribution in [0.3, 0.4) is 0 Å². The summed E-state index contributed by atoms with van der Waals surface area (Å²) in [6.45, 7) is 1.18. The first-order chi connectivity index (χ1) is 15.1. The molecule has 0 unspecified atom stereocenters. The summed E-state index contributed by atoms with van der Waals surface area (Å²) in [6, 6.07) is 27.6. The quantitative estimate of drug-likeness (QED) is 0.614. The largest absolute Gasteiger partial charge is 0.295 e. The van der Waals surface area contributed by atoms with Crippen LogP contribution in [0.5, 0.6) is 0 Å². The van der Waals surface area contributed by atoms with Crippen molar-refractivity contribution in [3.63, 3.8) is 0 Å². The van der Waals surface area contributed by atoms with Crippen molar-refractivity contribution in [1.29, 1.82) is 0 Å². The number of carbonyl (C=O) groups is 2. The molecule has 1 atom stereocenters. The van der Waals surface area contributed by atoms with E-state index in [4.69, 9.17) is 0 Å². The molecule has 1 fully saturated rings. The highest BCUT2D eigenvalue weighted by atomic mass is 32.2. The molecule has 5 nitrogen and oxygen atoms in total. The molecule has 0 N–H and O–H groups in total. The number of rotatable bonds is 5. The molecule has 3 aromatic carbocycles. The maximum atomic E-state index is 14.0. The van der Waals surface area contributed by atoms with Gasteiger partial charge in [0.15, 0.2) is 0 Å². The molecule has 0 saturated carbocycles. The van der Waals surface area contributed by atoms with Crippen molar-refractivity contribution in [2.24, 2.45) is 0 Å². The van der Waals surface area contributed by atoms with Crippen LogP contribution in [0.2, 0.25) is 0 Å². The number of fused-ring (bicyclic) bond motifs is 2. The van der Waals surface area contributed by atoms with Crippen LogP contribution in [0.15, 0.2) is 84.9 Å². The summed E-state index contributed by atoms with van der Waals surface area (Å²) in [4.78, 5) is 31.6. The zero-order chi connectivity index (χ0) is 21.4. The van der Waals surface area contributed by atoms with Gasteiger partial charge in [-0.1, -0.05) is 66.7 Å². The van der Waals surface area contributed by atoms with Crippen LogP contribution in [0, 0.1) is 0 Å². The number of hydrogen-bond donors (Lipinski definition) is 0. The molecular weight excluding hydrogens is 406 g/mol. The molecule has 2 aliphatic rings. The van der Waals surface area contributed by atoms with Crippen molar-refractivity contribution in [2.75, 3.05) is 29.3 Å². The van der Waals surface area contributed by atoms with Crippen LogP contribution < -0.4 is 9.80 Å². The van der Waals surface area contributed by atoms with Gasteiger partial charge in [-0.25, -0.2) is 0 Å². The summed E-state index contributed by atoms with van der Waals surface area (Å²) in [5.41, 5.74) is 3.69. The Labute approximate surface area is 186 Å². The number of hydrogen-bond acceptors (Lipinski definition) is 4. The van der Waals surface area contributed by atoms with Crippen molar-refractivity contribution < 1.29 is 9.59 Å². The highest BCUT2D eigenvalue weighted by Crippen LogP contribution is 2.55. The molecule has 0 radical (unpaired) electrons. The van der Waals surface area contributed by atoms with Crippen molar-refractivity contribution in [3.05, 3.63) is 96.1 Å². The molecule has 6 heteroatoms. The minimum atomic E-state index is -1.05. The topological polar surface area (TPSA) is 43.9 Å². The second kappa shape index (κ2) is 7.87. The molecule has 0 aliphatic carbocycles. The van der Waals surface area contributed by atoms with E-state index in [-0.39, 0.29) is 17.6 Å². The van der Waals surface area contributed by atoms with Gasteiger partial charge in [0.05, 0.1) is 18.1 Å². The normalized spacial score (nSPS) is 20.2. The average molecular weight is 430 g/mol. The predicted octanol–water partition coefficient (Wildman–Crippen LogP) is 4.06. The Kier molecular flexibility index (Phi) is 5.04. The molecule has 5 rings (SSSR count). The molecular formula is C25H23N3O2S. The van der Waals surface area contributed by atoms with Crippen LogP contribution >= 0.6 is 11.8 Å². The number of nitrogens with zero attached hydrogens (tertiary/aromatic N) is 3. The Balaban J connectivity index is 1.52. The molecule has 1 spiro atoms. The van der Waals surface area contributed by atoms with E-state index in [1.165, 1.54) is 17.3 Å². The van der Waals surface area contributed by atoms with Crippen molar-refractivity contribution >= 4 is 35.0 Å². The highest BCUT2D eigenvalue weighted by Gasteiger charge is 2.60. The van der Waals surface area contributed by atoms with E-state index in [2.05, 4.69) is 17.0 Å². The second-order valence-electron chi connectivity index (χ2n) is 7.89. The summed E-state index contributed by atoms with van der Waals surface area (Å²) >= 11 is 1.42. The Hall–Kier alpha value is -3.09. The van der Waals surface area contributed by atoms with E-state index in [1.807, 2.05) is 84.7 Å². The average Bonchev–Trinajstić information content (AvgIpc) is 3.26. The minimum Gasteiger partial charge on any atom is -0.295 e. The van der Waals surface area contributed by atoms with Gasteiger partial charge in [-0.3, -0.25) is 24.3 Å². The number of benzene rings is 3. The first kappa shape index (κ1) is 19.8. The lowest BCUT2D eigenvalue weighted by Crippen LogP contribution is -2.51. The monoisotopic (exact) mass is 429 g/mol. The molecule has 31 heavy (non-hydrogen) atoms. The van der Waals surface area contributed by atoms with Gasteiger partial charge in [0.25, 0.3) is 5.91 Å². The molecule has 0 bridgehead atoms. The maximum Gasteiger partial charge on any atom is 0.269 e. The standard InChI is InChI=1S/C25H23N3O2S/c1-26(16-19-10-4-2-5-11-19)18-27-22-15-9-8-14-21(22)25(24(27)30)28(23(29)17-31-25)20-12-6-3-7-13-20/h2-15H,16-18H2,1H3/t25-/m1/s1. The Morgan fingerprint density at radius 1 is 0.903 bits per heavy atom. The van der Waals surface area contributed by atoms with Gasteiger partial charge in [-0.05, 0) is 30.8 Å². The molecule has 2 heterocycles. The van der Waals surface area contributed by atoms with E-state index in [9.17, 15) is 9.59 Å².